The predicted octanol–water partition coefficient (Wildman–Crippen LogP) is 3.04. The number of carbonyl (C=O) groups is 1. The van der Waals surface area contributed by atoms with E-state index in [1.165, 1.54) is 6.92 Å². The van der Waals surface area contributed by atoms with Crippen molar-refractivity contribution in [1.82, 2.24) is 0 Å². The minimum Gasteiger partial charge on any atom is -0.426 e. The second-order valence-corrected chi connectivity index (χ2v) is 6.05. The van der Waals surface area contributed by atoms with Gasteiger partial charge in [0.15, 0.2) is 0 Å². The van der Waals surface area contributed by atoms with Crippen LogP contribution in [-0.4, -0.2) is 24.7 Å². The average molecular weight is 314 g/mol. The Hall–Kier alpha value is -1.66. The first-order valence-corrected chi connectivity index (χ1v) is 8.17. The van der Waals surface area contributed by atoms with Gasteiger partial charge >= 0.3 is 5.97 Å². The Kier molecular flexibility index (Phi) is 8.57. The Morgan fingerprint density at radius 3 is 2.38 bits per heavy atom. The molecule has 0 amide bonds. The molecule has 5 nitrogen and oxygen atoms in total. The fraction of sp³-hybridized carbons (Fsp3) is 0.400. The summed E-state index contributed by atoms with van der Waals surface area (Å²) in [6.45, 7) is 8.81. The zero-order chi connectivity index (χ0) is 16.5. The van der Waals surface area contributed by atoms with Gasteiger partial charge in [-0.3, -0.25) is 9.35 Å². The molecule has 0 aromatic rings. The van der Waals surface area contributed by atoms with Crippen molar-refractivity contribution in [3.05, 3.63) is 48.3 Å². The molecule has 1 aliphatic carbocycles. The van der Waals surface area contributed by atoms with E-state index >= 15 is 0 Å². The first-order chi connectivity index (χ1) is 9.69. The van der Waals surface area contributed by atoms with Crippen LogP contribution in [0.4, 0.5) is 0 Å². The van der Waals surface area contributed by atoms with Crippen molar-refractivity contribution in [2.45, 2.75) is 27.2 Å². The average Bonchev–Trinajstić information content (AvgIpc) is 2.50. The van der Waals surface area contributed by atoms with Crippen LogP contribution in [0.1, 0.15) is 27.2 Å². The Morgan fingerprint density at radius 1 is 1.43 bits per heavy atom. The third kappa shape index (κ3) is 9.81. The molecule has 1 unspecified atom stereocenters. The van der Waals surface area contributed by atoms with Crippen LogP contribution >= 0.6 is 0 Å². The predicted molar refractivity (Wildman–Crippen MR) is 83.1 cm³/mol. The molecule has 6 heteroatoms. The van der Waals surface area contributed by atoms with Crippen LogP contribution in [0.2, 0.25) is 0 Å². The molecule has 1 aliphatic rings. The summed E-state index contributed by atoms with van der Waals surface area (Å²) in [5, 5.41) is 0. The third-order valence-electron chi connectivity index (χ3n) is 2.35. The van der Waals surface area contributed by atoms with Crippen LogP contribution in [0.5, 0.6) is 0 Å². The van der Waals surface area contributed by atoms with Crippen molar-refractivity contribution in [1.29, 1.82) is 0 Å². The topological polar surface area (TPSA) is 80.7 Å². The van der Waals surface area contributed by atoms with Crippen molar-refractivity contribution >= 4 is 16.1 Å². The highest BCUT2D eigenvalue weighted by atomic mass is 32.2. The zero-order valence-corrected chi connectivity index (χ0v) is 13.4. The van der Waals surface area contributed by atoms with Gasteiger partial charge in [-0.15, -0.1) is 0 Å². The second kappa shape index (κ2) is 9.31. The van der Waals surface area contributed by atoms with Crippen LogP contribution in [-0.2, 0) is 19.6 Å². The molecule has 0 saturated heterocycles. The molecule has 0 bridgehead atoms. The molecule has 118 valence electrons. The number of allylic oxidation sites excluding steroid dienone is 6. The standard InChI is InChI=1S/C12H14O2.C3H8O3S/c1-4-11-7-5-9(2)6-8-12(11)14-10(3)13;1-2-3-7(4,5)6/h4-9H,1H2,2-3H3;2-3H2,1H3,(H,4,5,6). The van der Waals surface area contributed by atoms with Crippen LogP contribution in [0.25, 0.3) is 0 Å². The van der Waals surface area contributed by atoms with Crippen LogP contribution in [0.15, 0.2) is 48.3 Å². The van der Waals surface area contributed by atoms with Gasteiger partial charge in [-0.2, -0.15) is 8.42 Å². The smallest absolute Gasteiger partial charge is 0.308 e. The fourth-order valence-electron chi connectivity index (χ4n) is 1.41. The second-order valence-electron chi connectivity index (χ2n) is 4.48. The summed E-state index contributed by atoms with van der Waals surface area (Å²) in [7, 11) is -3.67. The van der Waals surface area contributed by atoms with Gasteiger partial charge in [0.2, 0.25) is 0 Å². The highest BCUT2D eigenvalue weighted by Crippen LogP contribution is 2.17. The van der Waals surface area contributed by atoms with Crippen LogP contribution in [0, 0.1) is 5.92 Å². The number of carbonyl (C=O) groups excluding carboxylic acids is 1. The van der Waals surface area contributed by atoms with Crippen molar-refractivity contribution < 1.29 is 22.5 Å². The summed E-state index contributed by atoms with van der Waals surface area (Å²) >= 11 is 0. The maximum absolute atomic E-state index is 10.8. The van der Waals surface area contributed by atoms with E-state index in [0.29, 0.717) is 18.1 Å². The molecule has 0 heterocycles. The van der Waals surface area contributed by atoms with E-state index in [-0.39, 0.29) is 11.7 Å². The van der Waals surface area contributed by atoms with E-state index < -0.39 is 10.1 Å². The summed E-state index contributed by atoms with van der Waals surface area (Å²) in [6, 6.07) is 0. The van der Waals surface area contributed by atoms with Gasteiger partial charge in [-0.05, 0) is 18.4 Å². The molecule has 1 rings (SSSR count). The summed E-state index contributed by atoms with van der Waals surface area (Å²) in [5.74, 6) is 0.463. The molecule has 0 spiro atoms. The lowest BCUT2D eigenvalue weighted by molar-refractivity contribution is -0.136. The summed E-state index contributed by atoms with van der Waals surface area (Å²) < 4.78 is 32.6. The van der Waals surface area contributed by atoms with Gasteiger partial charge in [-0.1, -0.05) is 44.7 Å². The van der Waals surface area contributed by atoms with Crippen molar-refractivity contribution in [2.24, 2.45) is 5.92 Å². The minimum absolute atomic E-state index is 0.132. The first kappa shape index (κ1) is 19.3. The Bertz CT molecular complexity index is 553. The highest BCUT2D eigenvalue weighted by Gasteiger charge is 2.06. The summed E-state index contributed by atoms with van der Waals surface area (Å²) in [4.78, 5) is 10.8. The number of rotatable bonds is 4. The van der Waals surface area contributed by atoms with Gasteiger partial charge in [-0.25, -0.2) is 0 Å². The maximum atomic E-state index is 10.8. The molecule has 0 aliphatic heterocycles. The molecule has 0 saturated carbocycles. The van der Waals surface area contributed by atoms with Crippen LogP contribution in [0.3, 0.4) is 0 Å². The van der Waals surface area contributed by atoms with Gasteiger partial charge in [0, 0.05) is 12.5 Å². The fourth-order valence-corrected chi connectivity index (χ4v) is 1.93. The highest BCUT2D eigenvalue weighted by molar-refractivity contribution is 7.85. The largest absolute Gasteiger partial charge is 0.426 e. The first-order valence-electron chi connectivity index (χ1n) is 6.56. The molecule has 0 aromatic carbocycles. The monoisotopic (exact) mass is 314 g/mol. The number of esters is 1. The van der Waals surface area contributed by atoms with E-state index in [1.807, 2.05) is 24.3 Å². The maximum Gasteiger partial charge on any atom is 0.308 e. The summed E-state index contributed by atoms with van der Waals surface area (Å²) in [5.41, 5.74) is 0.834. The number of hydrogen-bond acceptors (Lipinski definition) is 4. The Balaban J connectivity index is 0.000000486. The van der Waals surface area contributed by atoms with Crippen LogP contribution < -0.4 is 0 Å². The molecular weight excluding hydrogens is 292 g/mol. The van der Waals surface area contributed by atoms with E-state index in [2.05, 4.69) is 13.5 Å². The minimum atomic E-state index is -3.67. The molecule has 1 N–H and O–H groups in total. The summed E-state index contributed by atoms with van der Waals surface area (Å²) in [6.07, 6.45) is 9.88. The van der Waals surface area contributed by atoms with E-state index in [0.717, 1.165) is 5.57 Å². The van der Waals surface area contributed by atoms with Gasteiger partial charge < -0.3 is 4.74 Å². The lowest BCUT2D eigenvalue weighted by Gasteiger charge is -2.03. The number of ether oxygens (including phenoxy) is 1. The van der Waals surface area contributed by atoms with E-state index in [1.54, 1.807) is 13.0 Å². The zero-order valence-electron chi connectivity index (χ0n) is 12.6. The normalized spacial score (nSPS) is 17.6. The molecule has 0 aromatic heterocycles. The van der Waals surface area contributed by atoms with Gasteiger partial charge in [0.05, 0.1) is 5.75 Å². The van der Waals surface area contributed by atoms with Gasteiger partial charge in [0.25, 0.3) is 10.1 Å². The quantitative estimate of drug-likeness (QED) is 0.637. The SMILES string of the molecule is C=CC1=C(OC(C)=O)C=CC(C)C=C1.CCCS(=O)(=O)O. The third-order valence-corrected chi connectivity index (χ3v) is 3.27. The lowest BCUT2D eigenvalue weighted by atomic mass is 10.1. The molecule has 0 fully saturated rings. The molecule has 0 radical (unpaired) electrons. The van der Waals surface area contributed by atoms with Crippen molar-refractivity contribution in [2.75, 3.05) is 5.75 Å². The van der Waals surface area contributed by atoms with Crippen molar-refractivity contribution in [3.8, 4) is 0 Å². The Morgan fingerprint density at radius 2 is 2.00 bits per heavy atom. The Labute approximate surface area is 126 Å². The van der Waals surface area contributed by atoms with E-state index in [4.69, 9.17) is 9.29 Å². The lowest BCUT2D eigenvalue weighted by Crippen LogP contribution is -2.01. The van der Waals surface area contributed by atoms with Gasteiger partial charge in [0.1, 0.15) is 5.76 Å². The number of hydrogen-bond donors (Lipinski definition) is 1. The van der Waals surface area contributed by atoms with Crippen molar-refractivity contribution in [3.63, 3.8) is 0 Å². The molecule has 1 atom stereocenters. The van der Waals surface area contributed by atoms with E-state index in [9.17, 15) is 13.2 Å². The molecule has 21 heavy (non-hydrogen) atoms. The molecular formula is C15H22O5S.